The second-order valence-corrected chi connectivity index (χ2v) is 6.32. The molecule has 0 saturated carbocycles. The lowest BCUT2D eigenvalue weighted by Gasteiger charge is -2.16. The van der Waals surface area contributed by atoms with E-state index in [0.29, 0.717) is 32.9 Å². The van der Waals surface area contributed by atoms with Crippen LogP contribution in [0.15, 0.2) is 41.0 Å². The van der Waals surface area contributed by atoms with Crippen LogP contribution in [0.25, 0.3) is 22.4 Å². The molecule has 1 aliphatic heterocycles. The van der Waals surface area contributed by atoms with Crippen molar-refractivity contribution in [2.45, 2.75) is 13.0 Å². The van der Waals surface area contributed by atoms with Crippen molar-refractivity contribution < 1.29 is 19.2 Å². The summed E-state index contributed by atoms with van der Waals surface area (Å²) in [6, 6.07) is 8.71. The van der Waals surface area contributed by atoms with Gasteiger partial charge in [0, 0.05) is 10.4 Å². The van der Waals surface area contributed by atoms with E-state index in [1.165, 1.54) is 5.06 Å². The maximum Gasteiger partial charge on any atom is 0.278 e. The molecule has 25 heavy (non-hydrogen) atoms. The molecule has 6 nitrogen and oxygen atoms in total. The number of hydroxylamine groups is 2. The minimum absolute atomic E-state index is 0.102. The first-order valence-corrected chi connectivity index (χ1v) is 8.19. The van der Waals surface area contributed by atoms with Gasteiger partial charge >= 0.3 is 0 Å². The third kappa shape index (κ3) is 2.78. The minimum Gasteiger partial charge on any atom is -0.463 e. The number of halogens is 1. The summed E-state index contributed by atoms with van der Waals surface area (Å²) in [5.41, 5.74) is 2.37. The lowest BCUT2D eigenvalue weighted by molar-refractivity contribution is -0.0778. The zero-order valence-corrected chi connectivity index (χ0v) is 14.2. The van der Waals surface area contributed by atoms with E-state index in [1.807, 2.05) is 6.92 Å². The number of rotatable bonds is 2. The highest BCUT2D eigenvalue weighted by Crippen LogP contribution is 2.31. The molecule has 3 aromatic rings. The fraction of sp³-hybridized carbons (Fsp3) is 0.222. The lowest BCUT2D eigenvalue weighted by atomic mass is 10.0. The number of nitrogens with zero attached hydrogens (tertiary/aromatic N) is 2. The maximum atomic E-state index is 12.9. The molecular weight excluding hydrogens is 344 g/mol. The Hall–Kier alpha value is -2.41. The van der Waals surface area contributed by atoms with Gasteiger partial charge < -0.3 is 9.52 Å². The number of benzene rings is 1. The number of aromatic nitrogens is 1. The molecule has 0 spiro atoms. The Balaban J connectivity index is 1.92. The quantitative estimate of drug-likeness (QED) is 0.761. The van der Waals surface area contributed by atoms with Crippen molar-refractivity contribution in [1.82, 2.24) is 10.0 Å². The number of amides is 1. The van der Waals surface area contributed by atoms with Crippen LogP contribution < -0.4 is 0 Å². The van der Waals surface area contributed by atoms with Crippen LogP contribution in [0.4, 0.5) is 0 Å². The number of aryl methyl sites for hydroxylation is 1. The van der Waals surface area contributed by atoms with Gasteiger partial charge in [0.1, 0.15) is 18.4 Å². The highest BCUT2D eigenvalue weighted by molar-refractivity contribution is 6.32. The smallest absolute Gasteiger partial charge is 0.278 e. The number of carbonyl (C=O) groups excluding carboxylic acids is 1. The van der Waals surface area contributed by atoms with Crippen LogP contribution in [0.1, 0.15) is 15.9 Å². The summed E-state index contributed by atoms with van der Waals surface area (Å²) in [6.07, 6.45) is 0.866. The Kier molecular flexibility index (Phi) is 3.95. The second kappa shape index (κ2) is 6.15. The molecule has 3 heterocycles. The summed E-state index contributed by atoms with van der Waals surface area (Å²) in [5.74, 6) is 0.219. The average molecular weight is 359 g/mol. The summed E-state index contributed by atoms with van der Waals surface area (Å²) < 4.78 is 5.42. The number of furan rings is 1. The van der Waals surface area contributed by atoms with Crippen LogP contribution in [-0.2, 0) is 4.84 Å². The fourth-order valence-corrected chi connectivity index (χ4v) is 3.03. The standard InChI is InChI=1S/C18H15ClN2O4/c1-10-14(19)5-4-12-13(18(23)21-8-11(22)9-25-21)7-15(20-17(10)12)16-3-2-6-24-16/h2-7,11,22H,8-9H2,1H3/t11-/m1/s1. The number of aliphatic hydroxyl groups excluding tert-OH is 1. The van der Waals surface area contributed by atoms with Gasteiger partial charge in [-0.05, 0) is 36.8 Å². The average Bonchev–Trinajstić information content (AvgIpc) is 3.28. The van der Waals surface area contributed by atoms with Gasteiger partial charge in [0.25, 0.3) is 5.91 Å². The summed E-state index contributed by atoms with van der Waals surface area (Å²) in [5, 5.41) is 12.1. The zero-order chi connectivity index (χ0) is 17.6. The number of β-amino-alcohol motifs (C(OH)–C–C–N with tert-alkyl or cyclic N) is 1. The molecular formula is C18H15ClN2O4. The lowest BCUT2D eigenvalue weighted by Crippen LogP contribution is -2.28. The highest BCUT2D eigenvalue weighted by atomic mass is 35.5. The van der Waals surface area contributed by atoms with Gasteiger partial charge in [0.05, 0.1) is 23.9 Å². The number of hydrogen-bond donors (Lipinski definition) is 1. The van der Waals surface area contributed by atoms with Crippen LogP contribution in [0, 0.1) is 6.92 Å². The molecule has 128 valence electrons. The van der Waals surface area contributed by atoms with Crippen LogP contribution in [0.2, 0.25) is 5.02 Å². The van der Waals surface area contributed by atoms with Gasteiger partial charge in [-0.2, -0.15) is 0 Å². The number of hydrogen-bond acceptors (Lipinski definition) is 5. The van der Waals surface area contributed by atoms with E-state index >= 15 is 0 Å². The molecule has 0 radical (unpaired) electrons. The number of carbonyl (C=O) groups is 1. The Labute approximate surface area is 148 Å². The molecule has 1 aliphatic rings. The van der Waals surface area contributed by atoms with Crippen molar-refractivity contribution in [3.8, 4) is 11.5 Å². The van der Waals surface area contributed by atoms with Crippen molar-refractivity contribution in [3.05, 3.63) is 52.7 Å². The Morgan fingerprint density at radius 1 is 1.40 bits per heavy atom. The van der Waals surface area contributed by atoms with Gasteiger partial charge in [0.15, 0.2) is 5.76 Å². The third-order valence-corrected chi connectivity index (χ3v) is 4.61. The number of pyridine rings is 1. The van der Waals surface area contributed by atoms with Crippen LogP contribution >= 0.6 is 11.6 Å². The van der Waals surface area contributed by atoms with Gasteiger partial charge in [-0.15, -0.1) is 0 Å². The Morgan fingerprint density at radius 3 is 2.92 bits per heavy atom. The summed E-state index contributed by atoms with van der Waals surface area (Å²) in [6.45, 7) is 2.09. The van der Waals surface area contributed by atoms with E-state index in [4.69, 9.17) is 20.9 Å². The van der Waals surface area contributed by atoms with Crippen LogP contribution in [-0.4, -0.2) is 40.3 Å². The molecule has 1 atom stereocenters. The first-order chi connectivity index (χ1) is 12.0. The van der Waals surface area contributed by atoms with E-state index < -0.39 is 6.10 Å². The molecule has 4 rings (SSSR count). The van der Waals surface area contributed by atoms with Gasteiger partial charge in [-0.1, -0.05) is 17.7 Å². The first-order valence-electron chi connectivity index (χ1n) is 7.81. The molecule has 1 N–H and O–H groups in total. The fourth-order valence-electron chi connectivity index (χ4n) is 2.88. The van der Waals surface area contributed by atoms with Crippen LogP contribution in [0.5, 0.6) is 0 Å². The molecule has 1 fully saturated rings. The molecule has 0 aliphatic carbocycles. The SMILES string of the molecule is Cc1c(Cl)ccc2c(C(=O)N3C[C@@H](O)CO3)cc(-c3ccco3)nc12. The van der Waals surface area contributed by atoms with E-state index in [9.17, 15) is 9.90 Å². The van der Waals surface area contributed by atoms with E-state index in [-0.39, 0.29) is 19.1 Å². The van der Waals surface area contributed by atoms with Crippen molar-refractivity contribution in [2.75, 3.05) is 13.2 Å². The predicted octanol–water partition coefficient (Wildman–Crippen LogP) is 3.20. The Bertz CT molecular complexity index is 955. The second-order valence-electron chi connectivity index (χ2n) is 5.92. The van der Waals surface area contributed by atoms with E-state index in [1.54, 1.807) is 36.6 Å². The van der Waals surface area contributed by atoms with Crippen molar-refractivity contribution >= 4 is 28.4 Å². The summed E-state index contributed by atoms with van der Waals surface area (Å²) >= 11 is 6.23. The molecule has 0 bridgehead atoms. The van der Waals surface area contributed by atoms with Gasteiger partial charge in [-0.25, -0.2) is 10.0 Å². The third-order valence-electron chi connectivity index (χ3n) is 4.20. The summed E-state index contributed by atoms with van der Waals surface area (Å²) in [4.78, 5) is 22.8. The van der Waals surface area contributed by atoms with Crippen LogP contribution in [0.3, 0.4) is 0 Å². The summed E-state index contributed by atoms with van der Waals surface area (Å²) in [7, 11) is 0. The minimum atomic E-state index is -0.683. The van der Waals surface area contributed by atoms with Crippen molar-refractivity contribution in [2.24, 2.45) is 0 Å². The molecule has 2 aromatic heterocycles. The van der Waals surface area contributed by atoms with E-state index in [2.05, 4.69) is 4.98 Å². The largest absolute Gasteiger partial charge is 0.463 e. The molecule has 7 heteroatoms. The number of aliphatic hydroxyl groups is 1. The van der Waals surface area contributed by atoms with Crippen molar-refractivity contribution in [3.63, 3.8) is 0 Å². The first kappa shape index (κ1) is 16.1. The maximum absolute atomic E-state index is 12.9. The Morgan fingerprint density at radius 2 is 2.24 bits per heavy atom. The monoisotopic (exact) mass is 358 g/mol. The molecule has 1 aromatic carbocycles. The molecule has 1 saturated heterocycles. The highest BCUT2D eigenvalue weighted by Gasteiger charge is 2.29. The normalized spacial score (nSPS) is 17.4. The molecule has 1 amide bonds. The van der Waals surface area contributed by atoms with Crippen molar-refractivity contribution in [1.29, 1.82) is 0 Å². The number of fused-ring (bicyclic) bond motifs is 1. The van der Waals surface area contributed by atoms with Gasteiger partial charge in [0.2, 0.25) is 0 Å². The van der Waals surface area contributed by atoms with Gasteiger partial charge in [-0.3, -0.25) is 9.63 Å². The molecule has 0 unspecified atom stereocenters. The zero-order valence-electron chi connectivity index (χ0n) is 13.4. The topological polar surface area (TPSA) is 75.8 Å². The van der Waals surface area contributed by atoms with E-state index in [0.717, 1.165) is 5.56 Å². The predicted molar refractivity (Wildman–Crippen MR) is 92.2 cm³/mol.